The number of amides is 1. The van der Waals surface area contributed by atoms with Crippen LogP contribution in [0, 0.1) is 11.3 Å². The molecule has 0 saturated heterocycles. The summed E-state index contributed by atoms with van der Waals surface area (Å²) in [4.78, 5) is 12.2. The molecule has 0 aliphatic heterocycles. The van der Waals surface area contributed by atoms with E-state index in [-0.39, 0.29) is 5.91 Å². The highest BCUT2D eigenvalue weighted by molar-refractivity contribution is 5.80. The van der Waals surface area contributed by atoms with Gasteiger partial charge in [-0.25, -0.2) is 4.68 Å². The van der Waals surface area contributed by atoms with Crippen molar-refractivity contribution in [3.63, 3.8) is 0 Å². The molecule has 0 aliphatic carbocycles. The van der Waals surface area contributed by atoms with Crippen LogP contribution in [0.5, 0.6) is 5.75 Å². The smallest absolute Gasteiger partial charge is 0.261 e. The maximum Gasteiger partial charge on any atom is 0.261 e. The lowest BCUT2D eigenvalue weighted by Gasteiger charge is -2.14. The number of ether oxygens (including phenoxy) is 1. The van der Waals surface area contributed by atoms with Gasteiger partial charge >= 0.3 is 0 Å². The van der Waals surface area contributed by atoms with E-state index in [9.17, 15) is 4.79 Å². The Labute approximate surface area is 151 Å². The second-order valence-corrected chi connectivity index (χ2v) is 5.74. The molecule has 0 bridgehead atoms. The van der Waals surface area contributed by atoms with E-state index in [0.717, 1.165) is 11.3 Å². The molecule has 0 radical (unpaired) electrons. The lowest BCUT2D eigenvalue weighted by atomic mass is 10.2. The van der Waals surface area contributed by atoms with E-state index in [1.165, 1.54) is 0 Å². The molecule has 1 heterocycles. The minimum absolute atomic E-state index is 0.221. The Kier molecular flexibility index (Phi) is 5.30. The predicted molar refractivity (Wildman–Crippen MR) is 96.7 cm³/mol. The summed E-state index contributed by atoms with van der Waals surface area (Å²) in [6.45, 7) is 2.05. The maximum atomic E-state index is 12.2. The molecule has 0 aliphatic rings. The summed E-state index contributed by atoms with van der Waals surface area (Å²) in [5.41, 5.74) is 2.40. The average Bonchev–Trinajstić information content (AvgIpc) is 3.16. The number of nitrogens with one attached hydrogen (secondary N) is 1. The topological polar surface area (TPSA) is 79.9 Å². The highest BCUT2D eigenvalue weighted by atomic mass is 16.5. The van der Waals surface area contributed by atoms with Gasteiger partial charge in [0, 0.05) is 18.3 Å². The number of carbonyl (C=O) groups is 1. The van der Waals surface area contributed by atoms with Crippen molar-refractivity contribution in [2.24, 2.45) is 0 Å². The Bertz CT molecular complexity index is 911. The summed E-state index contributed by atoms with van der Waals surface area (Å²) in [6, 6.07) is 18.4. The van der Waals surface area contributed by atoms with Crippen molar-refractivity contribution in [3.05, 3.63) is 78.1 Å². The first-order valence-electron chi connectivity index (χ1n) is 8.19. The van der Waals surface area contributed by atoms with Crippen LogP contribution in [0.2, 0.25) is 0 Å². The fourth-order valence-electron chi connectivity index (χ4n) is 2.37. The molecule has 2 aromatic carbocycles. The van der Waals surface area contributed by atoms with Gasteiger partial charge < -0.3 is 10.1 Å². The van der Waals surface area contributed by atoms with E-state index >= 15 is 0 Å². The Balaban J connectivity index is 1.53. The van der Waals surface area contributed by atoms with Crippen LogP contribution in [0.3, 0.4) is 0 Å². The first kappa shape index (κ1) is 17.2. The van der Waals surface area contributed by atoms with Crippen LogP contribution in [0.1, 0.15) is 18.1 Å². The van der Waals surface area contributed by atoms with E-state index in [4.69, 9.17) is 10.00 Å². The van der Waals surface area contributed by atoms with Crippen molar-refractivity contribution >= 4 is 5.91 Å². The number of hydrogen-bond donors (Lipinski definition) is 1. The summed E-state index contributed by atoms with van der Waals surface area (Å²) in [5, 5.41) is 15.9. The van der Waals surface area contributed by atoms with Gasteiger partial charge in [-0.05, 0) is 43.3 Å². The third-order valence-electron chi connectivity index (χ3n) is 3.79. The summed E-state index contributed by atoms with van der Waals surface area (Å²) in [6.07, 6.45) is 2.95. The number of aromatic nitrogens is 2. The Hall–Kier alpha value is -3.59. The van der Waals surface area contributed by atoms with Crippen molar-refractivity contribution in [2.75, 3.05) is 0 Å². The van der Waals surface area contributed by atoms with E-state index in [0.29, 0.717) is 17.9 Å². The normalized spacial score (nSPS) is 11.4. The third-order valence-corrected chi connectivity index (χ3v) is 3.79. The van der Waals surface area contributed by atoms with Crippen LogP contribution in [0.4, 0.5) is 0 Å². The van der Waals surface area contributed by atoms with Gasteiger partial charge in [0.2, 0.25) is 0 Å². The quantitative estimate of drug-likeness (QED) is 0.744. The molecular formula is C20H18N4O2. The van der Waals surface area contributed by atoms with Crippen LogP contribution in [-0.2, 0) is 11.3 Å². The lowest BCUT2D eigenvalue weighted by molar-refractivity contribution is -0.127. The monoisotopic (exact) mass is 346 g/mol. The van der Waals surface area contributed by atoms with Gasteiger partial charge in [0.1, 0.15) is 5.75 Å². The van der Waals surface area contributed by atoms with Crippen molar-refractivity contribution in [3.8, 4) is 17.5 Å². The van der Waals surface area contributed by atoms with E-state index in [1.54, 1.807) is 42.1 Å². The van der Waals surface area contributed by atoms with Gasteiger partial charge in [0.05, 0.1) is 23.5 Å². The molecule has 1 amide bonds. The zero-order chi connectivity index (χ0) is 18.4. The van der Waals surface area contributed by atoms with Crippen LogP contribution < -0.4 is 10.1 Å². The Morgan fingerprint density at radius 2 is 1.96 bits per heavy atom. The van der Waals surface area contributed by atoms with Crippen LogP contribution in [0.25, 0.3) is 5.69 Å². The van der Waals surface area contributed by atoms with Crippen molar-refractivity contribution in [2.45, 2.75) is 19.6 Å². The molecule has 6 nitrogen and oxygen atoms in total. The van der Waals surface area contributed by atoms with Gasteiger partial charge in [0.25, 0.3) is 5.91 Å². The van der Waals surface area contributed by atoms with Gasteiger partial charge in [-0.1, -0.05) is 18.2 Å². The highest BCUT2D eigenvalue weighted by Crippen LogP contribution is 2.13. The minimum atomic E-state index is -0.646. The largest absolute Gasteiger partial charge is 0.481 e. The summed E-state index contributed by atoms with van der Waals surface area (Å²) in [5.74, 6) is 0.324. The first-order chi connectivity index (χ1) is 12.7. The SMILES string of the molecule is C[C@H](Oc1ccc(C#N)cc1)C(=O)NCc1cnn(-c2ccccc2)c1. The number of nitriles is 1. The van der Waals surface area contributed by atoms with Crippen LogP contribution in [0.15, 0.2) is 67.0 Å². The van der Waals surface area contributed by atoms with E-state index in [1.807, 2.05) is 42.6 Å². The molecule has 1 N–H and O–H groups in total. The zero-order valence-corrected chi connectivity index (χ0v) is 14.3. The zero-order valence-electron chi connectivity index (χ0n) is 14.3. The van der Waals surface area contributed by atoms with Gasteiger partial charge in [0.15, 0.2) is 6.10 Å². The lowest BCUT2D eigenvalue weighted by Crippen LogP contribution is -2.35. The van der Waals surface area contributed by atoms with Crippen LogP contribution in [-0.4, -0.2) is 21.8 Å². The van der Waals surface area contributed by atoms with Crippen LogP contribution >= 0.6 is 0 Å². The molecule has 3 rings (SSSR count). The predicted octanol–water partition coefficient (Wildman–Crippen LogP) is 2.83. The standard InChI is InChI=1S/C20H18N4O2/c1-15(26-19-9-7-16(11-21)8-10-19)20(25)22-12-17-13-23-24(14-17)18-5-3-2-4-6-18/h2-10,13-15H,12H2,1H3,(H,22,25)/t15-/m0/s1. The fraction of sp³-hybridized carbons (Fsp3) is 0.150. The summed E-state index contributed by atoms with van der Waals surface area (Å²) < 4.78 is 7.36. The second-order valence-electron chi connectivity index (χ2n) is 5.74. The first-order valence-corrected chi connectivity index (χ1v) is 8.19. The Morgan fingerprint density at radius 1 is 1.23 bits per heavy atom. The number of rotatable bonds is 6. The van der Waals surface area contributed by atoms with Gasteiger partial charge in [-0.15, -0.1) is 0 Å². The number of benzene rings is 2. The summed E-state index contributed by atoms with van der Waals surface area (Å²) in [7, 11) is 0. The number of carbonyl (C=O) groups excluding carboxylic acids is 1. The van der Waals surface area contributed by atoms with Crippen molar-refractivity contribution in [1.82, 2.24) is 15.1 Å². The molecule has 0 saturated carbocycles. The minimum Gasteiger partial charge on any atom is -0.481 e. The van der Waals surface area contributed by atoms with Gasteiger partial charge in [-0.2, -0.15) is 10.4 Å². The van der Waals surface area contributed by atoms with E-state index < -0.39 is 6.10 Å². The Morgan fingerprint density at radius 3 is 2.65 bits per heavy atom. The molecule has 3 aromatic rings. The van der Waals surface area contributed by atoms with Gasteiger partial charge in [-0.3, -0.25) is 4.79 Å². The molecule has 0 spiro atoms. The molecule has 1 aromatic heterocycles. The van der Waals surface area contributed by atoms with Crippen molar-refractivity contribution < 1.29 is 9.53 Å². The highest BCUT2D eigenvalue weighted by Gasteiger charge is 2.14. The number of nitrogens with zero attached hydrogens (tertiary/aromatic N) is 3. The molecular weight excluding hydrogens is 328 g/mol. The molecule has 0 unspecified atom stereocenters. The number of para-hydroxylation sites is 1. The third kappa shape index (κ3) is 4.28. The molecule has 0 fully saturated rings. The fourth-order valence-corrected chi connectivity index (χ4v) is 2.37. The maximum absolute atomic E-state index is 12.2. The van der Waals surface area contributed by atoms with E-state index in [2.05, 4.69) is 10.4 Å². The second kappa shape index (κ2) is 7.99. The van der Waals surface area contributed by atoms with Crippen molar-refractivity contribution in [1.29, 1.82) is 5.26 Å². The summed E-state index contributed by atoms with van der Waals surface area (Å²) >= 11 is 0. The molecule has 1 atom stereocenters. The molecule has 130 valence electrons. The number of hydrogen-bond acceptors (Lipinski definition) is 4. The molecule has 6 heteroatoms. The molecule has 26 heavy (non-hydrogen) atoms. The average molecular weight is 346 g/mol.